The van der Waals surface area contributed by atoms with Gasteiger partial charge in [0.25, 0.3) is 0 Å². The first kappa shape index (κ1) is 13.9. The minimum absolute atomic E-state index is 0.115. The van der Waals surface area contributed by atoms with E-state index >= 15 is 0 Å². The molecule has 3 unspecified atom stereocenters. The summed E-state index contributed by atoms with van der Waals surface area (Å²) in [5, 5.41) is 0. The first-order valence-corrected chi connectivity index (χ1v) is 8.89. The van der Waals surface area contributed by atoms with Crippen molar-refractivity contribution in [2.75, 3.05) is 13.2 Å². The SMILES string of the molecule is NC(c1cc2c(cc1Br)OCCCO2)C1C2CCCCC21. The topological polar surface area (TPSA) is 44.5 Å². The van der Waals surface area contributed by atoms with Crippen LogP contribution in [0.3, 0.4) is 0 Å². The van der Waals surface area contributed by atoms with Crippen molar-refractivity contribution in [1.29, 1.82) is 0 Å². The quantitative estimate of drug-likeness (QED) is 0.874. The van der Waals surface area contributed by atoms with Gasteiger partial charge in [-0.15, -0.1) is 0 Å². The molecule has 114 valence electrons. The number of benzene rings is 1. The summed E-state index contributed by atoms with van der Waals surface area (Å²) < 4.78 is 12.6. The number of hydrogen-bond acceptors (Lipinski definition) is 3. The minimum atomic E-state index is 0.115. The molecule has 1 aromatic rings. The molecule has 0 radical (unpaired) electrons. The van der Waals surface area contributed by atoms with Crippen molar-refractivity contribution >= 4 is 15.9 Å². The summed E-state index contributed by atoms with van der Waals surface area (Å²) in [6.45, 7) is 1.44. The van der Waals surface area contributed by atoms with Crippen LogP contribution in [-0.4, -0.2) is 13.2 Å². The first-order valence-electron chi connectivity index (χ1n) is 8.10. The van der Waals surface area contributed by atoms with Crippen LogP contribution in [0.25, 0.3) is 0 Å². The summed E-state index contributed by atoms with van der Waals surface area (Å²) in [5.74, 6) is 4.06. The molecule has 0 saturated heterocycles. The van der Waals surface area contributed by atoms with Crippen LogP contribution >= 0.6 is 15.9 Å². The van der Waals surface area contributed by atoms with Crippen molar-refractivity contribution in [3.63, 3.8) is 0 Å². The Morgan fingerprint density at radius 3 is 2.29 bits per heavy atom. The highest BCUT2D eigenvalue weighted by Gasteiger charge is 2.53. The average molecular weight is 352 g/mol. The van der Waals surface area contributed by atoms with E-state index in [1.807, 2.05) is 6.07 Å². The smallest absolute Gasteiger partial charge is 0.162 e. The van der Waals surface area contributed by atoms with Gasteiger partial charge >= 0.3 is 0 Å². The number of rotatable bonds is 2. The molecule has 4 heteroatoms. The highest BCUT2D eigenvalue weighted by atomic mass is 79.9. The van der Waals surface area contributed by atoms with Gasteiger partial charge in [-0.25, -0.2) is 0 Å². The van der Waals surface area contributed by atoms with Gasteiger partial charge in [-0.1, -0.05) is 28.8 Å². The molecule has 4 rings (SSSR count). The maximum Gasteiger partial charge on any atom is 0.162 e. The number of ether oxygens (including phenoxy) is 2. The van der Waals surface area contributed by atoms with Crippen LogP contribution in [0.4, 0.5) is 0 Å². The molecule has 0 aromatic heterocycles. The Balaban J connectivity index is 1.61. The zero-order valence-electron chi connectivity index (χ0n) is 12.2. The van der Waals surface area contributed by atoms with E-state index < -0.39 is 0 Å². The molecule has 3 atom stereocenters. The fraction of sp³-hybridized carbons (Fsp3) is 0.647. The molecule has 2 aliphatic carbocycles. The number of halogens is 1. The summed E-state index contributed by atoms with van der Waals surface area (Å²) in [6.07, 6.45) is 6.43. The fourth-order valence-electron chi connectivity index (χ4n) is 4.24. The van der Waals surface area contributed by atoms with Crippen molar-refractivity contribution in [1.82, 2.24) is 0 Å². The van der Waals surface area contributed by atoms with Crippen LogP contribution in [0.5, 0.6) is 11.5 Å². The maximum absolute atomic E-state index is 6.61. The molecule has 0 bridgehead atoms. The Hall–Kier alpha value is -0.740. The van der Waals surface area contributed by atoms with Crippen molar-refractivity contribution in [3.05, 3.63) is 22.2 Å². The van der Waals surface area contributed by atoms with E-state index in [0.717, 1.165) is 47.4 Å². The van der Waals surface area contributed by atoms with Crippen molar-refractivity contribution in [3.8, 4) is 11.5 Å². The minimum Gasteiger partial charge on any atom is -0.490 e. The fourth-order valence-corrected chi connectivity index (χ4v) is 4.83. The largest absolute Gasteiger partial charge is 0.490 e. The number of hydrogen-bond donors (Lipinski definition) is 1. The summed E-state index contributed by atoms with van der Waals surface area (Å²) >= 11 is 3.68. The van der Waals surface area contributed by atoms with E-state index in [0.29, 0.717) is 5.92 Å². The Bertz CT molecular complexity index is 536. The zero-order chi connectivity index (χ0) is 14.4. The Morgan fingerprint density at radius 2 is 1.62 bits per heavy atom. The summed E-state index contributed by atoms with van der Waals surface area (Å²) in [6, 6.07) is 4.24. The second-order valence-corrected chi connectivity index (χ2v) is 7.44. The Kier molecular flexibility index (Phi) is 3.62. The van der Waals surface area contributed by atoms with Gasteiger partial charge in [0, 0.05) is 16.9 Å². The van der Waals surface area contributed by atoms with Crippen LogP contribution in [-0.2, 0) is 0 Å². The van der Waals surface area contributed by atoms with Gasteiger partial charge in [-0.3, -0.25) is 0 Å². The maximum atomic E-state index is 6.61. The van der Waals surface area contributed by atoms with Gasteiger partial charge in [0.2, 0.25) is 0 Å². The van der Waals surface area contributed by atoms with Crippen molar-refractivity contribution < 1.29 is 9.47 Å². The molecule has 0 spiro atoms. The van der Waals surface area contributed by atoms with E-state index in [9.17, 15) is 0 Å². The van der Waals surface area contributed by atoms with Crippen LogP contribution in [0.15, 0.2) is 16.6 Å². The number of fused-ring (bicyclic) bond motifs is 2. The molecule has 1 aromatic carbocycles. The average Bonchev–Trinajstić information content (AvgIpc) is 3.25. The predicted octanol–water partition coefficient (Wildman–Crippen LogP) is 4.05. The molecule has 3 aliphatic rings. The van der Waals surface area contributed by atoms with Crippen LogP contribution in [0.1, 0.15) is 43.7 Å². The monoisotopic (exact) mass is 351 g/mol. The lowest BCUT2D eigenvalue weighted by atomic mass is 10.0. The molecule has 2 N–H and O–H groups in total. The van der Waals surface area contributed by atoms with E-state index in [1.54, 1.807) is 0 Å². The molecular weight excluding hydrogens is 330 g/mol. The highest BCUT2D eigenvalue weighted by Crippen LogP contribution is 2.60. The van der Waals surface area contributed by atoms with E-state index in [-0.39, 0.29) is 6.04 Å². The molecule has 3 nitrogen and oxygen atoms in total. The molecule has 0 amide bonds. The molecule has 1 heterocycles. The van der Waals surface area contributed by atoms with Gasteiger partial charge in [0.05, 0.1) is 13.2 Å². The normalized spacial score (nSPS) is 32.0. The van der Waals surface area contributed by atoms with Gasteiger partial charge in [-0.2, -0.15) is 0 Å². The lowest BCUT2D eigenvalue weighted by Crippen LogP contribution is -2.15. The third-order valence-electron chi connectivity index (χ3n) is 5.36. The van der Waals surface area contributed by atoms with Crippen molar-refractivity contribution in [2.24, 2.45) is 23.5 Å². The third-order valence-corrected chi connectivity index (χ3v) is 6.05. The van der Waals surface area contributed by atoms with Gasteiger partial charge < -0.3 is 15.2 Å². The van der Waals surface area contributed by atoms with E-state index in [2.05, 4.69) is 22.0 Å². The molecule has 21 heavy (non-hydrogen) atoms. The Labute approximate surface area is 134 Å². The summed E-state index contributed by atoms with van der Waals surface area (Å²) in [7, 11) is 0. The summed E-state index contributed by atoms with van der Waals surface area (Å²) in [4.78, 5) is 0. The number of nitrogens with two attached hydrogens (primary N) is 1. The first-order chi connectivity index (χ1) is 10.3. The Morgan fingerprint density at radius 1 is 1.00 bits per heavy atom. The van der Waals surface area contributed by atoms with Crippen molar-refractivity contribution in [2.45, 2.75) is 38.1 Å². The molecular formula is C17H22BrNO2. The summed E-state index contributed by atoms with van der Waals surface area (Å²) in [5.41, 5.74) is 7.79. The van der Waals surface area contributed by atoms with E-state index in [1.165, 1.54) is 31.2 Å². The van der Waals surface area contributed by atoms with Crippen LogP contribution < -0.4 is 15.2 Å². The van der Waals surface area contributed by atoms with Gasteiger partial charge in [-0.05, 0) is 48.3 Å². The van der Waals surface area contributed by atoms with Crippen LogP contribution in [0, 0.1) is 17.8 Å². The van der Waals surface area contributed by atoms with Gasteiger partial charge in [0.1, 0.15) is 0 Å². The van der Waals surface area contributed by atoms with Gasteiger partial charge in [0.15, 0.2) is 11.5 Å². The second-order valence-electron chi connectivity index (χ2n) is 6.59. The molecule has 1 aliphatic heterocycles. The molecule has 2 fully saturated rings. The lowest BCUT2D eigenvalue weighted by Gasteiger charge is -2.17. The lowest BCUT2D eigenvalue weighted by molar-refractivity contribution is 0.297. The second kappa shape index (κ2) is 5.47. The highest BCUT2D eigenvalue weighted by molar-refractivity contribution is 9.10. The van der Waals surface area contributed by atoms with E-state index in [4.69, 9.17) is 15.2 Å². The standard InChI is InChI=1S/C17H22BrNO2/c18-13-9-15-14(20-6-3-7-21-15)8-12(13)17(19)16-10-4-1-2-5-11(10)16/h8-11,16-17H,1-7,19H2. The zero-order valence-corrected chi connectivity index (χ0v) is 13.8. The predicted molar refractivity (Wildman–Crippen MR) is 85.6 cm³/mol. The molecule has 2 saturated carbocycles. The third kappa shape index (κ3) is 2.46. The van der Waals surface area contributed by atoms with Crippen LogP contribution in [0.2, 0.25) is 0 Å².